The molecule has 35 heteroatoms. The molecule has 89 heavy (non-hydrogen) atoms. The lowest BCUT2D eigenvalue weighted by Gasteiger charge is -2.28. The first-order valence-corrected chi connectivity index (χ1v) is 28.8. The number of carboxylic acids is 3. The number of carbonyl (C=O) groups is 12. The third-order valence-corrected chi connectivity index (χ3v) is 13.3. The van der Waals surface area contributed by atoms with E-state index in [1.807, 2.05) is 0 Å². The zero-order valence-corrected chi connectivity index (χ0v) is 49.0. The second-order valence-corrected chi connectivity index (χ2v) is 21.4. The Morgan fingerprint density at radius 2 is 0.955 bits per heavy atom. The lowest BCUT2D eigenvalue weighted by molar-refractivity contribution is -0.141. The number of phenolic OH excluding ortho intramolecular Hbond substituents is 1. The van der Waals surface area contributed by atoms with Crippen molar-refractivity contribution in [1.82, 2.24) is 42.5 Å². The Kier molecular flexibility index (Phi) is 29.5. The number of carbonyl (C=O) groups excluding carboxylic acids is 9. The molecule has 0 spiro atoms. The van der Waals surface area contributed by atoms with Gasteiger partial charge in [-0.05, 0) is 80.5 Å². The van der Waals surface area contributed by atoms with E-state index in [2.05, 4.69) is 52.1 Å². The number of hydrogen-bond acceptors (Lipinski definition) is 18. The molecule has 3 rings (SSSR count). The van der Waals surface area contributed by atoms with Gasteiger partial charge >= 0.3 is 25.7 Å². The summed E-state index contributed by atoms with van der Waals surface area (Å²) in [6.45, 7) is 2.24. The van der Waals surface area contributed by atoms with Gasteiger partial charge in [-0.1, -0.05) is 54.6 Å². The van der Waals surface area contributed by atoms with Crippen LogP contribution in [0.25, 0.3) is 0 Å². The lowest BCUT2D eigenvalue weighted by atomic mass is 10.0. The first-order chi connectivity index (χ1) is 41.7. The molecule has 0 fully saturated rings. The molecule has 23 N–H and O–H groups in total. The van der Waals surface area contributed by atoms with Crippen LogP contribution in [0.3, 0.4) is 0 Å². The van der Waals surface area contributed by atoms with Gasteiger partial charge in [0.1, 0.15) is 59.8 Å². The highest BCUT2D eigenvalue weighted by Gasteiger charge is 2.36. The smallest absolute Gasteiger partial charge is 0.508 e. The summed E-state index contributed by atoms with van der Waals surface area (Å²) in [4.78, 5) is 181. The molecule has 9 amide bonds. The first-order valence-electron chi connectivity index (χ1n) is 27.2. The molecule has 0 saturated carbocycles. The molecule has 0 aromatic heterocycles. The standard InChI is InChI=1S/C54H74N13O21P/c1-27(46(77)61-35(9-6-22-59-54(57)58)48(79)63-37(45(56)76)23-29-7-4-3-5-8-29)60-53(84)44(28(2)68)67-52(83)39(25-31-12-16-33(17-13-31)88-89(85,86)87)65-49(80)36(19-21-42(72)73)62-50(81)38(24-30-10-14-32(69)15-11-30)66-51(82)40(26-43(74)75)64-47(78)34(55)18-20-41(70)71/h3-5,7-8,10-17,27-28,34-40,44,68-69H,6,9,18-26,55H2,1-2H3,(H2,56,76)(H,60,84)(H,61,77)(H,62,81)(H,63,79)(H,64,78)(H,65,80)(H,66,82)(H,67,83)(H,70,71)(H,72,73)(H,74,75)(H4,57,58,59)(H2,85,86,87)/t27-,28+,34-,35-,36-,37-,38-,39-,40-,44-/m0/s1. The Bertz CT molecular complexity index is 3060. The molecule has 3 aromatic rings. The Morgan fingerprint density at radius 1 is 0.517 bits per heavy atom. The van der Waals surface area contributed by atoms with Crippen LogP contribution in [-0.4, -0.2) is 179 Å². The number of phosphoric acid groups is 1. The van der Waals surface area contributed by atoms with Gasteiger partial charge in [-0.25, -0.2) is 4.57 Å². The topological polar surface area (TPSA) is 585 Å². The molecule has 0 radical (unpaired) electrons. The van der Waals surface area contributed by atoms with Gasteiger partial charge in [0.2, 0.25) is 53.2 Å². The third kappa shape index (κ3) is 27.7. The minimum absolute atomic E-state index is 0.00407. The van der Waals surface area contributed by atoms with Crippen LogP contribution in [0.4, 0.5) is 0 Å². The van der Waals surface area contributed by atoms with Crippen molar-refractivity contribution in [2.45, 2.75) is 139 Å². The normalized spacial score (nSPS) is 14.4. The number of aliphatic carboxylic acids is 3. The van der Waals surface area contributed by atoms with E-state index in [0.29, 0.717) is 5.56 Å². The van der Waals surface area contributed by atoms with E-state index < -0.39 is 184 Å². The number of aromatic hydroxyl groups is 1. The Morgan fingerprint density at radius 3 is 1.46 bits per heavy atom. The van der Waals surface area contributed by atoms with E-state index in [-0.39, 0.29) is 54.4 Å². The molecule has 34 nitrogen and oxygen atoms in total. The maximum Gasteiger partial charge on any atom is 0.524 e. The van der Waals surface area contributed by atoms with Gasteiger partial charge in [0.15, 0.2) is 5.96 Å². The number of hydrogen-bond donors (Lipinski definition) is 19. The predicted molar refractivity (Wildman–Crippen MR) is 311 cm³/mol. The van der Waals surface area contributed by atoms with Gasteiger partial charge in [-0.15, -0.1) is 0 Å². The molecule has 0 aliphatic rings. The van der Waals surface area contributed by atoms with Crippen molar-refractivity contribution in [2.24, 2.45) is 27.9 Å². The average molecular weight is 1270 g/mol. The molecule has 0 heterocycles. The van der Waals surface area contributed by atoms with Crippen LogP contribution in [0, 0.1) is 0 Å². The van der Waals surface area contributed by atoms with Crippen molar-refractivity contribution in [3.63, 3.8) is 0 Å². The molecule has 0 unspecified atom stereocenters. The number of phosphoric ester groups is 1. The van der Waals surface area contributed by atoms with Gasteiger partial charge in [0.25, 0.3) is 0 Å². The summed E-state index contributed by atoms with van der Waals surface area (Å²) in [7, 11) is -5.08. The fourth-order valence-electron chi connectivity index (χ4n) is 8.21. The Labute approximate surface area is 507 Å². The van der Waals surface area contributed by atoms with E-state index >= 15 is 0 Å². The fourth-order valence-corrected chi connectivity index (χ4v) is 8.61. The number of carboxylic acid groups (broad SMARTS) is 3. The molecule has 10 atom stereocenters. The maximum atomic E-state index is 14.4. The molecule has 486 valence electrons. The Hall–Kier alpha value is -9.76. The average Bonchev–Trinajstić information content (AvgIpc) is 3.48. The quantitative estimate of drug-likeness (QED) is 0.0111. The minimum Gasteiger partial charge on any atom is -0.508 e. The van der Waals surface area contributed by atoms with Gasteiger partial charge < -0.3 is 95.5 Å². The fraction of sp³-hybridized carbons (Fsp3) is 0.426. The van der Waals surface area contributed by atoms with E-state index in [4.69, 9.17) is 28.0 Å². The van der Waals surface area contributed by atoms with Crippen molar-refractivity contribution < 1.29 is 102 Å². The number of nitrogens with one attached hydrogen (secondary N) is 8. The summed E-state index contributed by atoms with van der Waals surface area (Å²) < 4.78 is 16.1. The second-order valence-electron chi connectivity index (χ2n) is 20.2. The van der Waals surface area contributed by atoms with E-state index in [1.54, 1.807) is 30.3 Å². The van der Waals surface area contributed by atoms with Gasteiger partial charge in [0.05, 0.1) is 18.6 Å². The summed E-state index contributed by atoms with van der Waals surface area (Å²) in [5.74, 6) is -15.5. The summed E-state index contributed by atoms with van der Waals surface area (Å²) >= 11 is 0. The van der Waals surface area contributed by atoms with Crippen LogP contribution in [0.5, 0.6) is 11.5 Å². The molecular formula is C54H74N13O21P. The summed E-state index contributed by atoms with van der Waals surface area (Å²) in [6, 6.07) is 2.80. The van der Waals surface area contributed by atoms with Gasteiger partial charge in [-0.3, -0.25) is 72.3 Å². The summed E-state index contributed by atoms with van der Waals surface area (Å²) in [5, 5.41) is 67.8. The van der Waals surface area contributed by atoms with Crippen molar-refractivity contribution in [1.29, 1.82) is 0 Å². The summed E-state index contributed by atoms with van der Waals surface area (Å²) in [6.07, 6.45) is -6.58. The first kappa shape index (κ1) is 73.5. The zero-order valence-electron chi connectivity index (χ0n) is 48.1. The van der Waals surface area contributed by atoms with Gasteiger partial charge in [-0.2, -0.15) is 0 Å². The number of nitrogens with two attached hydrogens (primary N) is 4. The lowest BCUT2D eigenvalue weighted by Crippen LogP contribution is -2.62. The number of primary amides is 1. The van der Waals surface area contributed by atoms with Crippen molar-refractivity contribution in [2.75, 3.05) is 6.54 Å². The highest BCUT2D eigenvalue weighted by atomic mass is 31.2. The number of aliphatic imine (C=N–C) groups is 1. The highest BCUT2D eigenvalue weighted by molar-refractivity contribution is 7.46. The number of aliphatic hydroxyl groups excluding tert-OH is 1. The zero-order chi connectivity index (χ0) is 66.7. The summed E-state index contributed by atoms with van der Waals surface area (Å²) in [5.41, 5.74) is 23.2. The molecular weight excluding hydrogens is 1200 g/mol. The minimum atomic E-state index is -5.08. The number of rotatable bonds is 38. The van der Waals surface area contributed by atoms with Crippen molar-refractivity contribution in [3.05, 3.63) is 95.6 Å². The largest absolute Gasteiger partial charge is 0.524 e. The number of aliphatic hydroxyl groups is 1. The molecule has 0 bridgehead atoms. The van der Waals surface area contributed by atoms with E-state index in [9.17, 15) is 92.3 Å². The van der Waals surface area contributed by atoms with Crippen LogP contribution in [0.2, 0.25) is 0 Å². The number of amides is 9. The second kappa shape index (κ2) is 35.8. The molecule has 0 saturated heterocycles. The van der Waals surface area contributed by atoms with Crippen molar-refractivity contribution in [3.8, 4) is 11.5 Å². The number of phenols is 1. The van der Waals surface area contributed by atoms with Gasteiger partial charge in [0, 0.05) is 38.6 Å². The Balaban J connectivity index is 1.99. The van der Waals surface area contributed by atoms with E-state index in [0.717, 1.165) is 19.1 Å². The van der Waals surface area contributed by atoms with E-state index in [1.165, 1.54) is 43.3 Å². The predicted octanol–water partition coefficient (Wildman–Crippen LogP) is -4.76. The highest BCUT2D eigenvalue weighted by Crippen LogP contribution is 2.37. The maximum absolute atomic E-state index is 14.4. The van der Waals surface area contributed by atoms with Crippen LogP contribution in [-0.2, 0) is 81.4 Å². The monoisotopic (exact) mass is 1270 g/mol. The SMILES string of the molecule is C[C@H](NC(=O)[C@@H](NC(=O)[C@H](Cc1ccc(OP(=O)(O)O)cc1)NC(=O)[C@H](CCC(=O)O)NC(=O)[C@H](Cc1ccc(O)cc1)NC(=O)[C@H](CC(=O)O)NC(=O)[C@@H](N)CCC(=O)O)[C@@H](C)O)C(=O)N[C@@H](CCCN=C(N)N)C(=O)N[C@@H](Cc1ccccc1)C(N)=O. The van der Waals surface area contributed by atoms with Crippen LogP contribution < -0.4 is 70.0 Å². The number of benzene rings is 3. The van der Waals surface area contributed by atoms with Crippen LogP contribution in [0.1, 0.15) is 75.5 Å². The molecule has 0 aliphatic heterocycles. The number of guanidine groups is 1. The van der Waals surface area contributed by atoms with Crippen LogP contribution >= 0.6 is 7.82 Å². The third-order valence-electron chi connectivity index (χ3n) is 12.9. The number of nitrogens with zero attached hydrogens (tertiary/aromatic N) is 1. The van der Waals surface area contributed by atoms with Crippen molar-refractivity contribution >= 4 is 84.9 Å². The molecule has 0 aliphatic carbocycles. The van der Waals surface area contributed by atoms with Crippen LogP contribution in [0.15, 0.2) is 83.9 Å². The molecule has 3 aromatic carbocycles.